The number of methoxy groups -OCH3 is 1. The molecule has 0 spiro atoms. The molecular formula is C24H29N5O2. The second kappa shape index (κ2) is 8.30. The van der Waals surface area contributed by atoms with Crippen LogP contribution in [0.4, 0.5) is 0 Å². The van der Waals surface area contributed by atoms with E-state index in [9.17, 15) is 4.79 Å². The number of H-pyrrole nitrogens is 1. The molecule has 3 aromatic rings. The highest BCUT2D eigenvalue weighted by atomic mass is 16.5. The van der Waals surface area contributed by atoms with E-state index >= 15 is 0 Å². The molecule has 1 aromatic carbocycles. The monoisotopic (exact) mass is 419 g/mol. The number of hydrogen-bond donors (Lipinski definition) is 2. The highest BCUT2D eigenvalue weighted by Crippen LogP contribution is 2.34. The predicted octanol–water partition coefficient (Wildman–Crippen LogP) is 3.99. The van der Waals surface area contributed by atoms with Crippen LogP contribution < -0.4 is 15.6 Å². The summed E-state index contributed by atoms with van der Waals surface area (Å²) in [6, 6.07) is 6.39. The third kappa shape index (κ3) is 3.67. The van der Waals surface area contributed by atoms with Crippen LogP contribution in [0.15, 0.2) is 29.1 Å². The minimum Gasteiger partial charge on any atom is -0.496 e. The Hall–Kier alpha value is -2.93. The molecule has 0 amide bonds. The molecule has 2 aliphatic rings. The van der Waals surface area contributed by atoms with Crippen molar-refractivity contribution in [3.8, 4) is 17.1 Å². The fourth-order valence-corrected chi connectivity index (χ4v) is 4.88. The van der Waals surface area contributed by atoms with Crippen LogP contribution in [0.1, 0.15) is 55.8 Å². The number of benzene rings is 1. The minimum atomic E-state index is -0.140. The van der Waals surface area contributed by atoms with Crippen LogP contribution in [0, 0.1) is 6.92 Å². The standard InChI is InChI=1S/C24H29N5O2/c1-15-21-22(29(28-15)18-6-4-3-5-7-18)24(30)27-23(26-21)19-9-8-17(14-20(19)31-2)16-10-12-25-13-11-16/h8-10,14,18,25H,3-7,11-13H2,1-2H3,(H,26,27,30). The normalized spacial score (nSPS) is 17.7. The molecule has 0 bridgehead atoms. The van der Waals surface area contributed by atoms with E-state index in [4.69, 9.17) is 14.8 Å². The third-order valence-electron chi connectivity index (χ3n) is 6.54. The number of aryl methyl sites for hydroxylation is 1. The summed E-state index contributed by atoms with van der Waals surface area (Å²) in [7, 11) is 1.66. The smallest absolute Gasteiger partial charge is 0.277 e. The molecule has 5 rings (SSSR count). The van der Waals surface area contributed by atoms with Gasteiger partial charge in [0.15, 0.2) is 5.52 Å². The van der Waals surface area contributed by atoms with Crippen molar-refractivity contribution in [2.75, 3.05) is 20.2 Å². The van der Waals surface area contributed by atoms with Crippen LogP contribution in [0.5, 0.6) is 5.75 Å². The summed E-state index contributed by atoms with van der Waals surface area (Å²) in [6.45, 7) is 3.79. The van der Waals surface area contributed by atoms with Crippen LogP contribution in [0.3, 0.4) is 0 Å². The van der Waals surface area contributed by atoms with Crippen molar-refractivity contribution in [3.63, 3.8) is 0 Å². The van der Waals surface area contributed by atoms with Crippen LogP contribution in [0.2, 0.25) is 0 Å². The Balaban J connectivity index is 1.58. The molecule has 3 heterocycles. The highest BCUT2D eigenvalue weighted by Gasteiger charge is 2.23. The van der Waals surface area contributed by atoms with E-state index in [1.807, 2.05) is 23.7 Å². The number of aromatic nitrogens is 4. The van der Waals surface area contributed by atoms with Gasteiger partial charge in [-0.25, -0.2) is 4.98 Å². The van der Waals surface area contributed by atoms with Gasteiger partial charge < -0.3 is 15.0 Å². The minimum absolute atomic E-state index is 0.140. The molecule has 1 saturated carbocycles. The largest absolute Gasteiger partial charge is 0.496 e. The number of ether oxygens (including phenoxy) is 1. The van der Waals surface area contributed by atoms with Crippen LogP contribution in [-0.4, -0.2) is 39.9 Å². The lowest BCUT2D eigenvalue weighted by atomic mass is 9.95. The second-order valence-electron chi connectivity index (χ2n) is 8.53. The zero-order chi connectivity index (χ0) is 21.4. The van der Waals surface area contributed by atoms with Crippen molar-refractivity contribution in [3.05, 3.63) is 45.9 Å². The van der Waals surface area contributed by atoms with Gasteiger partial charge in [-0.2, -0.15) is 5.10 Å². The topological polar surface area (TPSA) is 84.8 Å². The molecule has 1 fully saturated rings. The van der Waals surface area contributed by atoms with E-state index in [1.54, 1.807) is 7.11 Å². The van der Waals surface area contributed by atoms with Crippen molar-refractivity contribution in [1.82, 2.24) is 25.1 Å². The molecular weight excluding hydrogens is 390 g/mol. The molecule has 1 aliphatic heterocycles. The summed E-state index contributed by atoms with van der Waals surface area (Å²) in [5, 5.41) is 8.06. The summed E-state index contributed by atoms with van der Waals surface area (Å²) < 4.78 is 7.61. The molecule has 2 N–H and O–H groups in total. The first-order valence-electron chi connectivity index (χ1n) is 11.2. The number of nitrogens with zero attached hydrogens (tertiary/aromatic N) is 3. The van der Waals surface area contributed by atoms with Crippen molar-refractivity contribution >= 4 is 16.6 Å². The summed E-state index contributed by atoms with van der Waals surface area (Å²) in [6.07, 6.45) is 8.97. The lowest BCUT2D eigenvalue weighted by molar-refractivity contribution is 0.336. The Labute approximate surface area is 181 Å². The van der Waals surface area contributed by atoms with Gasteiger partial charge in [-0.1, -0.05) is 31.4 Å². The van der Waals surface area contributed by atoms with Gasteiger partial charge in [0.2, 0.25) is 0 Å². The van der Waals surface area contributed by atoms with Gasteiger partial charge in [-0.3, -0.25) is 9.48 Å². The van der Waals surface area contributed by atoms with Gasteiger partial charge >= 0.3 is 0 Å². The number of aromatic amines is 1. The first kappa shape index (κ1) is 20.0. The van der Waals surface area contributed by atoms with Crippen LogP contribution >= 0.6 is 0 Å². The van der Waals surface area contributed by atoms with Gasteiger partial charge in [-0.15, -0.1) is 0 Å². The zero-order valence-electron chi connectivity index (χ0n) is 18.2. The van der Waals surface area contributed by atoms with E-state index in [0.29, 0.717) is 22.6 Å². The zero-order valence-corrected chi connectivity index (χ0v) is 18.2. The Morgan fingerprint density at radius 1 is 1.19 bits per heavy atom. The summed E-state index contributed by atoms with van der Waals surface area (Å²) in [4.78, 5) is 21.0. The molecule has 7 nitrogen and oxygen atoms in total. The van der Waals surface area contributed by atoms with Crippen LogP contribution in [0.25, 0.3) is 28.0 Å². The van der Waals surface area contributed by atoms with E-state index < -0.39 is 0 Å². The Morgan fingerprint density at radius 3 is 2.77 bits per heavy atom. The Kier molecular flexibility index (Phi) is 5.36. The Bertz CT molecular complexity index is 1200. The highest BCUT2D eigenvalue weighted by molar-refractivity contribution is 5.80. The Morgan fingerprint density at radius 2 is 2.03 bits per heavy atom. The average Bonchev–Trinajstić information content (AvgIpc) is 3.16. The SMILES string of the molecule is COc1cc(C2=CCNCC2)ccc1-c1nc2c(C)nn(C3CCCCC3)c2c(=O)[nH]1. The number of nitrogens with one attached hydrogen (secondary N) is 2. The predicted molar refractivity (Wildman–Crippen MR) is 122 cm³/mol. The molecule has 0 saturated heterocycles. The van der Waals surface area contributed by atoms with Crippen LogP contribution in [-0.2, 0) is 0 Å². The lowest BCUT2D eigenvalue weighted by Gasteiger charge is -2.22. The first-order valence-corrected chi connectivity index (χ1v) is 11.2. The lowest BCUT2D eigenvalue weighted by Crippen LogP contribution is -2.20. The van der Waals surface area contributed by atoms with Gasteiger partial charge in [-0.05, 0) is 56.0 Å². The molecule has 2 aromatic heterocycles. The number of fused-ring (bicyclic) bond motifs is 1. The maximum absolute atomic E-state index is 13.2. The molecule has 162 valence electrons. The van der Waals surface area contributed by atoms with Gasteiger partial charge in [0.05, 0.1) is 24.4 Å². The van der Waals surface area contributed by atoms with Crippen molar-refractivity contribution < 1.29 is 4.74 Å². The maximum Gasteiger partial charge on any atom is 0.277 e. The van der Waals surface area contributed by atoms with Gasteiger partial charge in [0, 0.05) is 6.54 Å². The van der Waals surface area contributed by atoms with E-state index in [1.165, 1.54) is 24.8 Å². The summed E-state index contributed by atoms with van der Waals surface area (Å²) in [5.74, 6) is 1.23. The van der Waals surface area contributed by atoms with Crippen molar-refractivity contribution in [2.24, 2.45) is 0 Å². The van der Waals surface area contributed by atoms with Gasteiger partial charge in [0.25, 0.3) is 5.56 Å². The average molecular weight is 420 g/mol. The van der Waals surface area contributed by atoms with Crippen molar-refractivity contribution in [2.45, 2.75) is 51.5 Å². The molecule has 1 aliphatic carbocycles. The quantitative estimate of drug-likeness (QED) is 0.668. The van der Waals surface area contributed by atoms with E-state index in [-0.39, 0.29) is 11.6 Å². The summed E-state index contributed by atoms with van der Waals surface area (Å²) in [5.41, 5.74) is 5.16. The van der Waals surface area contributed by atoms with E-state index in [0.717, 1.165) is 49.2 Å². The molecule has 31 heavy (non-hydrogen) atoms. The first-order chi connectivity index (χ1) is 15.2. The fourth-order valence-electron chi connectivity index (χ4n) is 4.88. The van der Waals surface area contributed by atoms with Gasteiger partial charge in [0.1, 0.15) is 17.1 Å². The molecule has 0 unspecified atom stereocenters. The maximum atomic E-state index is 13.2. The number of rotatable bonds is 4. The number of hydrogen-bond acceptors (Lipinski definition) is 5. The fraction of sp³-hybridized carbons (Fsp3) is 0.458. The third-order valence-corrected chi connectivity index (χ3v) is 6.54. The molecule has 0 atom stereocenters. The van der Waals surface area contributed by atoms with Crippen molar-refractivity contribution in [1.29, 1.82) is 0 Å². The molecule has 0 radical (unpaired) electrons. The second-order valence-corrected chi connectivity index (χ2v) is 8.53. The summed E-state index contributed by atoms with van der Waals surface area (Å²) >= 11 is 0. The van der Waals surface area contributed by atoms with E-state index in [2.05, 4.69) is 22.4 Å². The molecule has 7 heteroatoms.